The van der Waals surface area contributed by atoms with Crippen LogP contribution in [0, 0.1) is 0 Å². The highest BCUT2D eigenvalue weighted by Gasteiger charge is 2.32. The molecule has 1 aromatic carbocycles. The van der Waals surface area contributed by atoms with Crippen LogP contribution in [0.1, 0.15) is 23.2 Å². The lowest BCUT2D eigenvalue weighted by atomic mass is 10.2. The van der Waals surface area contributed by atoms with Crippen molar-refractivity contribution in [1.29, 1.82) is 0 Å². The number of carboxylic acid groups (broad SMARTS) is 1. The Labute approximate surface area is 131 Å². The number of nitrogens with zero attached hydrogens (tertiary/aromatic N) is 1. The molecule has 0 radical (unpaired) electrons. The Balaban J connectivity index is 2.18. The smallest absolute Gasteiger partial charge is 0.335 e. The third kappa shape index (κ3) is 3.78. The fourth-order valence-corrected chi connectivity index (χ4v) is 2.52. The highest BCUT2D eigenvalue weighted by molar-refractivity contribution is 6.40. The Morgan fingerprint density at radius 1 is 1.29 bits per heavy atom. The van der Waals surface area contributed by atoms with Crippen molar-refractivity contribution in [3.63, 3.8) is 0 Å². The fraction of sp³-hybridized carbons (Fsp3) is 0.385. The molecule has 1 aromatic rings. The van der Waals surface area contributed by atoms with Gasteiger partial charge >= 0.3 is 12.0 Å². The van der Waals surface area contributed by atoms with E-state index in [0.717, 1.165) is 12.8 Å². The van der Waals surface area contributed by atoms with Crippen molar-refractivity contribution in [3.05, 3.63) is 27.7 Å². The van der Waals surface area contributed by atoms with E-state index >= 15 is 0 Å². The number of urea groups is 1. The summed E-state index contributed by atoms with van der Waals surface area (Å²) in [6.45, 7) is 0.0856. The number of aromatic carboxylic acids is 1. The second-order valence-electron chi connectivity index (χ2n) is 4.70. The van der Waals surface area contributed by atoms with Gasteiger partial charge in [-0.15, -0.1) is 0 Å². The van der Waals surface area contributed by atoms with Crippen LogP contribution < -0.4 is 5.32 Å². The number of aliphatic hydroxyl groups is 1. The molecule has 8 heteroatoms. The van der Waals surface area contributed by atoms with Gasteiger partial charge in [-0.3, -0.25) is 0 Å². The maximum absolute atomic E-state index is 12.2. The summed E-state index contributed by atoms with van der Waals surface area (Å²) in [5.74, 6) is -1.16. The number of rotatable bonds is 5. The lowest BCUT2D eigenvalue weighted by Gasteiger charge is -2.22. The van der Waals surface area contributed by atoms with Gasteiger partial charge in [-0.25, -0.2) is 9.59 Å². The normalized spacial score (nSPS) is 13.9. The van der Waals surface area contributed by atoms with Crippen LogP contribution in [0.5, 0.6) is 0 Å². The van der Waals surface area contributed by atoms with E-state index in [4.69, 9.17) is 33.4 Å². The first-order valence-corrected chi connectivity index (χ1v) is 7.10. The van der Waals surface area contributed by atoms with Crippen LogP contribution in [0.3, 0.4) is 0 Å². The second kappa shape index (κ2) is 6.51. The minimum absolute atomic E-state index is 0.0491. The molecule has 2 rings (SSSR count). The zero-order valence-corrected chi connectivity index (χ0v) is 12.5. The van der Waals surface area contributed by atoms with Crippen molar-refractivity contribution in [2.24, 2.45) is 0 Å². The molecule has 6 nitrogen and oxygen atoms in total. The van der Waals surface area contributed by atoms with Gasteiger partial charge in [-0.05, 0) is 25.0 Å². The lowest BCUT2D eigenvalue weighted by molar-refractivity contribution is 0.0697. The van der Waals surface area contributed by atoms with Crippen LogP contribution >= 0.6 is 23.2 Å². The summed E-state index contributed by atoms with van der Waals surface area (Å²) in [7, 11) is 0. The van der Waals surface area contributed by atoms with E-state index in [1.165, 1.54) is 17.0 Å². The largest absolute Gasteiger partial charge is 0.478 e. The molecule has 1 fully saturated rings. The first-order valence-electron chi connectivity index (χ1n) is 6.35. The van der Waals surface area contributed by atoms with Crippen molar-refractivity contribution in [3.8, 4) is 0 Å². The van der Waals surface area contributed by atoms with Crippen LogP contribution in [0.25, 0.3) is 0 Å². The van der Waals surface area contributed by atoms with Gasteiger partial charge in [0.05, 0.1) is 27.9 Å². The number of hydrogen-bond acceptors (Lipinski definition) is 3. The van der Waals surface area contributed by atoms with Crippen molar-refractivity contribution >= 4 is 40.9 Å². The van der Waals surface area contributed by atoms with Gasteiger partial charge in [0, 0.05) is 12.6 Å². The summed E-state index contributed by atoms with van der Waals surface area (Å²) in [6.07, 6.45) is 1.79. The number of carbonyl (C=O) groups is 2. The first kappa shape index (κ1) is 15.9. The van der Waals surface area contributed by atoms with E-state index in [-0.39, 0.29) is 40.5 Å². The molecule has 114 valence electrons. The molecule has 0 aromatic heterocycles. The van der Waals surface area contributed by atoms with Crippen LogP contribution in [0.4, 0.5) is 10.5 Å². The van der Waals surface area contributed by atoms with Crippen LogP contribution in [-0.2, 0) is 0 Å². The molecule has 2 amide bonds. The molecule has 0 aliphatic heterocycles. The van der Waals surface area contributed by atoms with Gasteiger partial charge in [0.15, 0.2) is 0 Å². The van der Waals surface area contributed by atoms with E-state index in [1.54, 1.807) is 0 Å². The standard InChI is InChI=1S/C13H14Cl2N2O4/c14-9-5-7(12(19)20)6-10(15)11(9)16-13(21)17(3-4-18)8-1-2-8/h5-6,8,18H,1-4H2,(H,16,21)(H,19,20). The van der Waals surface area contributed by atoms with Gasteiger partial charge in [0.1, 0.15) is 0 Å². The number of carboxylic acids is 1. The molecule has 0 spiro atoms. The molecule has 3 N–H and O–H groups in total. The third-order valence-electron chi connectivity index (χ3n) is 3.11. The molecule has 0 unspecified atom stereocenters. The molecular formula is C13H14Cl2N2O4. The number of halogens is 2. The van der Waals surface area contributed by atoms with Gasteiger partial charge < -0.3 is 20.4 Å². The van der Waals surface area contributed by atoms with Crippen LogP contribution in [-0.4, -0.2) is 46.3 Å². The molecule has 1 saturated carbocycles. The number of amides is 2. The summed E-state index contributed by atoms with van der Waals surface area (Å²) in [6, 6.07) is 2.14. The average Bonchev–Trinajstić information content (AvgIpc) is 3.23. The minimum Gasteiger partial charge on any atom is -0.478 e. The van der Waals surface area contributed by atoms with E-state index in [1.807, 2.05) is 0 Å². The van der Waals surface area contributed by atoms with Crippen LogP contribution in [0.15, 0.2) is 12.1 Å². The summed E-state index contributed by atoms with van der Waals surface area (Å²) >= 11 is 11.9. The van der Waals surface area contributed by atoms with Crippen LogP contribution in [0.2, 0.25) is 10.0 Å². The van der Waals surface area contributed by atoms with Gasteiger partial charge in [0.25, 0.3) is 0 Å². The Morgan fingerprint density at radius 2 is 1.86 bits per heavy atom. The number of hydrogen-bond donors (Lipinski definition) is 3. The summed E-state index contributed by atoms with van der Waals surface area (Å²) in [5.41, 5.74) is 0.106. The molecule has 21 heavy (non-hydrogen) atoms. The quantitative estimate of drug-likeness (QED) is 0.773. The maximum Gasteiger partial charge on any atom is 0.335 e. The molecule has 0 bridgehead atoms. The highest BCUT2D eigenvalue weighted by Crippen LogP contribution is 2.33. The van der Waals surface area contributed by atoms with Gasteiger partial charge in [0.2, 0.25) is 0 Å². The Kier molecular flexibility index (Phi) is 4.92. The van der Waals surface area contributed by atoms with Crippen molar-refractivity contribution in [2.45, 2.75) is 18.9 Å². The maximum atomic E-state index is 12.2. The fourth-order valence-electron chi connectivity index (χ4n) is 1.94. The van der Waals surface area contributed by atoms with Crippen molar-refractivity contribution in [2.75, 3.05) is 18.5 Å². The van der Waals surface area contributed by atoms with Crippen molar-refractivity contribution < 1.29 is 19.8 Å². The Morgan fingerprint density at radius 3 is 2.29 bits per heavy atom. The Hall–Kier alpha value is -1.50. The SMILES string of the molecule is O=C(O)c1cc(Cl)c(NC(=O)N(CCO)C2CC2)c(Cl)c1. The zero-order valence-electron chi connectivity index (χ0n) is 11.0. The molecule has 0 heterocycles. The summed E-state index contributed by atoms with van der Waals surface area (Å²) in [5, 5.41) is 20.6. The van der Waals surface area contributed by atoms with E-state index < -0.39 is 12.0 Å². The van der Waals surface area contributed by atoms with E-state index in [2.05, 4.69) is 5.32 Å². The predicted octanol–water partition coefficient (Wildman–Crippen LogP) is 2.68. The number of aliphatic hydroxyl groups excluding tert-OH is 1. The monoisotopic (exact) mass is 332 g/mol. The number of benzene rings is 1. The molecule has 0 atom stereocenters. The molecule has 0 saturated heterocycles. The lowest BCUT2D eigenvalue weighted by Crippen LogP contribution is -2.38. The first-order chi connectivity index (χ1) is 9.93. The molecule has 1 aliphatic rings. The Bertz CT molecular complexity index is 552. The number of nitrogens with one attached hydrogen (secondary N) is 1. The number of anilines is 1. The zero-order chi connectivity index (χ0) is 15.6. The van der Waals surface area contributed by atoms with Gasteiger partial charge in [-0.1, -0.05) is 23.2 Å². The molecular weight excluding hydrogens is 319 g/mol. The second-order valence-corrected chi connectivity index (χ2v) is 5.51. The minimum atomic E-state index is -1.16. The topological polar surface area (TPSA) is 89.9 Å². The van der Waals surface area contributed by atoms with E-state index in [9.17, 15) is 9.59 Å². The third-order valence-corrected chi connectivity index (χ3v) is 3.71. The summed E-state index contributed by atoms with van der Waals surface area (Å²) < 4.78 is 0. The molecule has 1 aliphatic carbocycles. The summed E-state index contributed by atoms with van der Waals surface area (Å²) in [4.78, 5) is 24.6. The van der Waals surface area contributed by atoms with E-state index in [0.29, 0.717) is 0 Å². The predicted molar refractivity (Wildman–Crippen MR) is 79.3 cm³/mol. The van der Waals surface area contributed by atoms with Gasteiger partial charge in [-0.2, -0.15) is 0 Å². The highest BCUT2D eigenvalue weighted by atomic mass is 35.5. The number of carbonyl (C=O) groups excluding carboxylic acids is 1. The average molecular weight is 333 g/mol. The van der Waals surface area contributed by atoms with Crippen molar-refractivity contribution in [1.82, 2.24) is 4.90 Å².